The quantitative estimate of drug-likeness (QED) is 0.822. The predicted octanol–water partition coefficient (Wildman–Crippen LogP) is 4.19. The Kier molecular flexibility index (Phi) is 3.79. The van der Waals surface area contributed by atoms with Crippen LogP contribution in [0.1, 0.15) is 37.7 Å². The van der Waals surface area contributed by atoms with Gasteiger partial charge >= 0.3 is 0 Å². The first kappa shape index (κ1) is 13.0. The van der Waals surface area contributed by atoms with Gasteiger partial charge in [0.1, 0.15) is 0 Å². The molecule has 0 spiro atoms. The number of benzene rings is 1. The Morgan fingerprint density at radius 3 is 2.89 bits per heavy atom. The summed E-state index contributed by atoms with van der Waals surface area (Å²) in [7, 11) is 0. The second kappa shape index (κ2) is 5.54. The summed E-state index contributed by atoms with van der Waals surface area (Å²) < 4.78 is 0. The highest BCUT2D eigenvalue weighted by molar-refractivity contribution is 6.17. The number of fused-ring (bicyclic) bond motifs is 2. The standard InChI is InChI=1S/C16H20ClNO/c17-10-12-2-1-3-15(8-12)18-16(19)9-14-7-11-4-5-13(14)6-11/h1-3,8,11,13-14H,4-7,9-10H2,(H,18,19). The van der Waals surface area contributed by atoms with Gasteiger partial charge < -0.3 is 5.32 Å². The number of anilines is 1. The molecule has 2 saturated carbocycles. The van der Waals surface area contributed by atoms with Crippen molar-refractivity contribution in [1.82, 2.24) is 0 Å². The van der Waals surface area contributed by atoms with E-state index in [4.69, 9.17) is 11.6 Å². The van der Waals surface area contributed by atoms with Crippen LogP contribution in [0.2, 0.25) is 0 Å². The van der Waals surface area contributed by atoms with E-state index in [1.165, 1.54) is 25.7 Å². The van der Waals surface area contributed by atoms with Crippen LogP contribution in [0, 0.1) is 17.8 Å². The first-order chi connectivity index (χ1) is 9.24. The molecule has 1 aromatic rings. The second-order valence-electron chi connectivity index (χ2n) is 6.02. The van der Waals surface area contributed by atoms with Crippen molar-refractivity contribution in [3.8, 4) is 0 Å². The Balaban J connectivity index is 1.56. The van der Waals surface area contributed by atoms with E-state index in [-0.39, 0.29) is 5.91 Å². The Bertz CT molecular complexity index is 474. The molecule has 3 rings (SSSR count). The number of nitrogens with one attached hydrogen (secondary N) is 1. The molecule has 0 aromatic heterocycles. The average Bonchev–Trinajstić information content (AvgIpc) is 3.01. The molecule has 0 radical (unpaired) electrons. The molecule has 1 amide bonds. The van der Waals surface area contributed by atoms with Gasteiger partial charge in [-0.2, -0.15) is 0 Å². The summed E-state index contributed by atoms with van der Waals surface area (Å²) in [6, 6.07) is 7.78. The minimum Gasteiger partial charge on any atom is -0.326 e. The van der Waals surface area contributed by atoms with Gasteiger partial charge in [0.25, 0.3) is 0 Å². The van der Waals surface area contributed by atoms with Crippen molar-refractivity contribution in [1.29, 1.82) is 0 Å². The fourth-order valence-corrected chi connectivity index (χ4v) is 3.98. The van der Waals surface area contributed by atoms with Gasteiger partial charge in [-0.15, -0.1) is 11.6 Å². The maximum atomic E-state index is 12.1. The molecule has 3 unspecified atom stereocenters. The highest BCUT2D eigenvalue weighted by Gasteiger charge is 2.40. The fraction of sp³-hybridized carbons (Fsp3) is 0.562. The van der Waals surface area contributed by atoms with E-state index in [1.54, 1.807) is 0 Å². The van der Waals surface area contributed by atoms with Crippen LogP contribution >= 0.6 is 11.6 Å². The van der Waals surface area contributed by atoms with Crippen LogP contribution < -0.4 is 5.32 Å². The molecule has 0 aliphatic heterocycles. The number of amides is 1. The van der Waals surface area contributed by atoms with Gasteiger partial charge in [-0.05, 0) is 54.7 Å². The molecular weight excluding hydrogens is 258 g/mol. The number of halogens is 1. The summed E-state index contributed by atoms with van der Waals surface area (Å²) in [6.45, 7) is 0. The zero-order valence-corrected chi connectivity index (χ0v) is 11.8. The third kappa shape index (κ3) is 2.94. The molecule has 0 heterocycles. The normalized spacial score (nSPS) is 28.6. The van der Waals surface area contributed by atoms with Gasteiger partial charge in [-0.1, -0.05) is 18.6 Å². The lowest BCUT2D eigenvalue weighted by atomic mass is 9.86. The summed E-state index contributed by atoms with van der Waals surface area (Å²) in [5.74, 6) is 2.97. The number of rotatable bonds is 4. The Morgan fingerprint density at radius 1 is 1.32 bits per heavy atom. The van der Waals surface area contributed by atoms with E-state index in [0.717, 1.165) is 23.1 Å². The molecule has 19 heavy (non-hydrogen) atoms. The number of carbonyl (C=O) groups is 1. The van der Waals surface area contributed by atoms with Crippen LogP contribution in [0.5, 0.6) is 0 Å². The van der Waals surface area contributed by atoms with Crippen molar-refractivity contribution in [2.45, 2.75) is 38.0 Å². The van der Waals surface area contributed by atoms with Crippen LogP contribution in [-0.4, -0.2) is 5.91 Å². The first-order valence-corrected chi connectivity index (χ1v) is 7.73. The minimum atomic E-state index is 0.157. The molecule has 2 nitrogen and oxygen atoms in total. The van der Waals surface area contributed by atoms with Crippen molar-refractivity contribution < 1.29 is 4.79 Å². The number of hydrogen-bond acceptors (Lipinski definition) is 1. The summed E-state index contributed by atoms with van der Waals surface area (Å²) >= 11 is 5.80. The number of carbonyl (C=O) groups excluding carboxylic acids is 1. The highest BCUT2D eigenvalue weighted by Crippen LogP contribution is 2.49. The maximum absolute atomic E-state index is 12.1. The lowest BCUT2D eigenvalue weighted by Gasteiger charge is -2.20. The Morgan fingerprint density at radius 2 is 2.21 bits per heavy atom. The third-order valence-electron chi connectivity index (χ3n) is 4.70. The van der Waals surface area contributed by atoms with E-state index in [1.807, 2.05) is 24.3 Å². The van der Waals surface area contributed by atoms with Gasteiger partial charge in [-0.3, -0.25) is 4.79 Å². The number of hydrogen-bond donors (Lipinski definition) is 1. The van der Waals surface area contributed by atoms with E-state index in [0.29, 0.717) is 18.2 Å². The molecule has 102 valence electrons. The monoisotopic (exact) mass is 277 g/mol. The largest absolute Gasteiger partial charge is 0.326 e. The molecule has 2 fully saturated rings. The molecule has 1 aromatic carbocycles. The minimum absolute atomic E-state index is 0.157. The SMILES string of the molecule is O=C(CC1CC2CCC1C2)Nc1cccc(CCl)c1. The van der Waals surface area contributed by atoms with Crippen molar-refractivity contribution in [3.05, 3.63) is 29.8 Å². The van der Waals surface area contributed by atoms with Gasteiger partial charge in [0.05, 0.1) is 0 Å². The van der Waals surface area contributed by atoms with E-state index >= 15 is 0 Å². The van der Waals surface area contributed by atoms with Crippen molar-refractivity contribution in [2.75, 3.05) is 5.32 Å². The average molecular weight is 278 g/mol. The van der Waals surface area contributed by atoms with Crippen LogP contribution in [0.3, 0.4) is 0 Å². The van der Waals surface area contributed by atoms with Gasteiger partial charge in [0, 0.05) is 18.0 Å². The predicted molar refractivity (Wildman–Crippen MR) is 78.2 cm³/mol. The van der Waals surface area contributed by atoms with E-state index < -0.39 is 0 Å². The molecule has 2 aliphatic rings. The molecule has 2 bridgehead atoms. The lowest BCUT2D eigenvalue weighted by molar-refractivity contribution is -0.117. The Hall–Kier alpha value is -1.02. The second-order valence-corrected chi connectivity index (χ2v) is 6.29. The zero-order chi connectivity index (χ0) is 13.2. The topological polar surface area (TPSA) is 29.1 Å². The number of alkyl halides is 1. The smallest absolute Gasteiger partial charge is 0.224 e. The maximum Gasteiger partial charge on any atom is 0.224 e. The lowest BCUT2D eigenvalue weighted by Crippen LogP contribution is -2.20. The van der Waals surface area contributed by atoms with Gasteiger partial charge in [0.2, 0.25) is 5.91 Å². The van der Waals surface area contributed by atoms with Gasteiger partial charge in [0.15, 0.2) is 0 Å². The summed E-state index contributed by atoms with van der Waals surface area (Å²) in [5, 5.41) is 3.01. The first-order valence-electron chi connectivity index (χ1n) is 7.19. The van der Waals surface area contributed by atoms with Crippen LogP contribution in [-0.2, 0) is 10.7 Å². The summed E-state index contributed by atoms with van der Waals surface area (Å²) in [5.41, 5.74) is 1.91. The highest BCUT2D eigenvalue weighted by atomic mass is 35.5. The molecule has 3 heteroatoms. The van der Waals surface area contributed by atoms with Crippen LogP contribution in [0.25, 0.3) is 0 Å². The Labute approximate surface area is 119 Å². The fourth-order valence-electron chi connectivity index (χ4n) is 3.81. The zero-order valence-electron chi connectivity index (χ0n) is 11.1. The van der Waals surface area contributed by atoms with E-state index in [9.17, 15) is 4.79 Å². The molecular formula is C16H20ClNO. The summed E-state index contributed by atoms with van der Waals surface area (Å²) in [6.07, 6.45) is 6.04. The third-order valence-corrected chi connectivity index (χ3v) is 5.01. The molecule has 3 atom stereocenters. The van der Waals surface area contributed by atoms with Crippen molar-refractivity contribution >= 4 is 23.2 Å². The molecule has 1 N–H and O–H groups in total. The van der Waals surface area contributed by atoms with Crippen LogP contribution in [0.4, 0.5) is 5.69 Å². The molecule has 2 aliphatic carbocycles. The van der Waals surface area contributed by atoms with Gasteiger partial charge in [-0.25, -0.2) is 0 Å². The summed E-state index contributed by atoms with van der Waals surface area (Å²) in [4.78, 5) is 12.1. The van der Waals surface area contributed by atoms with E-state index in [2.05, 4.69) is 5.32 Å². The van der Waals surface area contributed by atoms with Crippen molar-refractivity contribution in [2.24, 2.45) is 17.8 Å². The molecule has 0 saturated heterocycles. The van der Waals surface area contributed by atoms with Crippen LogP contribution in [0.15, 0.2) is 24.3 Å². The van der Waals surface area contributed by atoms with Crippen molar-refractivity contribution in [3.63, 3.8) is 0 Å².